The maximum absolute atomic E-state index is 12.3. The molecule has 3 aromatic rings. The Labute approximate surface area is 151 Å². The summed E-state index contributed by atoms with van der Waals surface area (Å²) in [5, 5.41) is 11.2. The molecule has 0 aliphatic carbocycles. The minimum absolute atomic E-state index is 0.262. The Balaban J connectivity index is 1.43. The zero-order valence-electron chi connectivity index (χ0n) is 14.3. The van der Waals surface area contributed by atoms with Gasteiger partial charge in [-0.05, 0) is 37.1 Å². The Bertz CT molecular complexity index is 848. The van der Waals surface area contributed by atoms with E-state index in [1.807, 2.05) is 42.6 Å². The third kappa shape index (κ3) is 3.56. The van der Waals surface area contributed by atoms with Crippen LogP contribution in [0.5, 0.6) is 0 Å². The summed E-state index contributed by atoms with van der Waals surface area (Å²) >= 11 is 0. The zero-order valence-corrected chi connectivity index (χ0v) is 14.3. The van der Waals surface area contributed by atoms with Gasteiger partial charge in [0.2, 0.25) is 0 Å². The van der Waals surface area contributed by atoms with E-state index in [9.17, 15) is 4.79 Å². The van der Waals surface area contributed by atoms with Crippen LogP contribution in [0.25, 0.3) is 0 Å². The SMILES string of the molecule is O=C(Nc1ccccc1)c1ccc(N2CCCC(c3ncc[nH]3)C2)nn1. The Morgan fingerprint density at radius 1 is 1.15 bits per heavy atom. The fourth-order valence-electron chi connectivity index (χ4n) is 3.24. The Kier molecular flexibility index (Phi) is 4.59. The highest BCUT2D eigenvalue weighted by Gasteiger charge is 2.24. The predicted molar refractivity (Wildman–Crippen MR) is 99.2 cm³/mol. The van der Waals surface area contributed by atoms with Crippen LogP contribution < -0.4 is 10.2 Å². The fraction of sp³-hybridized carbons (Fsp3) is 0.263. The molecule has 7 nitrogen and oxygen atoms in total. The third-order valence-electron chi connectivity index (χ3n) is 4.57. The lowest BCUT2D eigenvalue weighted by Crippen LogP contribution is -2.35. The summed E-state index contributed by atoms with van der Waals surface area (Å²) in [4.78, 5) is 22.0. The average Bonchev–Trinajstić information content (AvgIpc) is 3.24. The van der Waals surface area contributed by atoms with Crippen LogP contribution in [0.2, 0.25) is 0 Å². The molecule has 1 aromatic carbocycles. The van der Waals surface area contributed by atoms with E-state index in [0.29, 0.717) is 11.6 Å². The number of nitrogens with zero attached hydrogens (tertiary/aromatic N) is 4. The van der Waals surface area contributed by atoms with Crippen molar-refractivity contribution in [1.29, 1.82) is 0 Å². The van der Waals surface area contributed by atoms with Crippen molar-refractivity contribution in [2.24, 2.45) is 0 Å². The molecular weight excluding hydrogens is 328 g/mol. The van der Waals surface area contributed by atoms with E-state index < -0.39 is 0 Å². The van der Waals surface area contributed by atoms with Crippen molar-refractivity contribution in [3.63, 3.8) is 0 Å². The molecule has 0 spiro atoms. The summed E-state index contributed by atoms with van der Waals surface area (Å²) in [5.41, 5.74) is 1.04. The number of anilines is 2. The van der Waals surface area contributed by atoms with Gasteiger partial charge in [-0.3, -0.25) is 4.79 Å². The normalized spacial score (nSPS) is 17.1. The van der Waals surface area contributed by atoms with Gasteiger partial charge in [0.15, 0.2) is 11.5 Å². The van der Waals surface area contributed by atoms with Crippen molar-refractivity contribution in [2.75, 3.05) is 23.3 Å². The lowest BCUT2D eigenvalue weighted by Gasteiger charge is -2.32. The van der Waals surface area contributed by atoms with Crippen molar-refractivity contribution in [3.8, 4) is 0 Å². The lowest BCUT2D eigenvalue weighted by molar-refractivity contribution is 0.102. The minimum atomic E-state index is -0.262. The molecule has 1 atom stereocenters. The number of para-hydroxylation sites is 1. The third-order valence-corrected chi connectivity index (χ3v) is 4.57. The number of hydrogen-bond donors (Lipinski definition) is 2. The maximum atomic E-state index is 12.3. The first-order valence-corrected chi connectivity index (χ1v) is 8.74. The van der Waals surface area contributed by atoms with Crippen LogP contribution in [0.4, 0.5) is 11.5 Å². The number of hydrogen-bond acceptors (Lipinski definition) is 5. The highest BCUT2D eigenvalue weighted by Crippen LogP contribution is 2.27. The number of benzene rings is 1. The van der Waals surface area contributed by atoms with E-state index in [-0.39, 0.29) is 5.91 Å². The first-order chi connectivity index (χ1) is 12.8. The number of amides is 1. The van der Waals surface area contributed by atoms with Crippen LogP contribution in [-0.4, -0.2) is 39.2 Å². The van der Waals surface area contributed by atoms with Gasteiger partial charge < -0.3 is 15.2 Å². The number of piperidine rings is 1. The van der Waals surface area contributed by atoms with E-state index >= 15 is 0 Å². The van der Waals surface area contributed by atoms with Crippen LogP contribution in [0, 0.1) is 0 Å². The van der Waals surface area contributed by atoms with Gasteiger partial charge in [-0.25, -0.2) is 4.98 Å². The number of carbonyl (C=O) groups is 1. The van der Waals surface area contributed by atoms with Gasteiger partial charge in [0.25, 0.3) is 5.91 Å². The second-order valence-electron chi connectivity index (χ2n) is 6.36. The Morgan fingerprint density at radius 3 is 2.77 bits per heavy atom. The first kappa shape index (κ1) is 16.3. The number of imidazole rings is 1. The monoisotopic (exact) mass is 348 g/mol. The smallest absolute Gasteiger partial charge is 0.276 e. The summed E-state index contributed by atoms with van der Waals surface area (Å²) in [7, 11) is 0. The summed E-state index contributed by atoms with van der Waals surface area (Å²) in [6, 6.07) is 12.9. The summed E-state index contributed by atoms with van der Waals surface area (Å²) in [5.74, 6) is 1.91. The van der Waals surface area contributed by atoms with Gasteiger partial charge in [0.1, 0.15) is 5.82 Å². The number of aromatic nitrogens is 4. The van der Waals surface area contributed by atoms with Crippen LogP contribution in [-0.2, 0) is 0 Å². The van der Waals surface area contributed by atoms with Crippen LogP contribution >= 0.6 is 0 Å². The van der Waals surface area contributed by atoms with Crippen molar-refractivity contribution < 1.29 is 4.79 Å². The lowest BCUT2D eigenvalue weighted by atomic mass is 9.97. The van der Waals surface area contributed by atoms with Gasteiger partial charge in [-0.15, -0.1) is 10.2 Å². The van der Waals surface area contributed by atoms with Crippen molar-refractivity contribution >= 4 is 17.4 Å². The summed E-state index contributed by atoms with van der Waals surface area (Å²) in [6.45, 7) is 1.78. The molecule has 0 radical (unpaired) electrons. The quantitative estimate of drug-likeness (QED) is 0.757. The second-order valence-corrected chi connectivity index (χ2v) is 6.36. The Morgan fingerprint density at radius 2 is 2.04 bits per heavy atom. The molecule has 0 saturated carbocycles. The molecule has 2 aromatic heterocycles. The van der Waals surface area contributed by atoms with E-state index in [0.717, 1.165) is 43.3 Å². The number of carbonyl (C=O) groups excluding carboxylic acids is 1. The summed E-state index contributed by atoms with van der Waals surface area (Å²) in [6.07, 6.45) is 5.82. The zero-order chi connectivity index (χ0) is 17.8. The topological polar surface area (TPSA) is 86.8 Å². The molecule has 1 amide bonds. The number of rotatable bonds is 4. The van der Waals surface area contributed by atoms with Gasteiger partial charge in [0.05, 0.1) is 0 Å². The van der Waals surface area contributed by atoms with Crippen LogP contribution in [0.3, 0.4) is 0 Å². The number of H-pyrrole nitrogens is 1. The molecule has 1 aliphatic rings. The molecule has 3 heterocycles. The summed E-state index contributed by atoms with van der Waals surface area (Å²) < 4.78 is 0. The molecule has 1 saturated heterocycles. The van der Waals surface area contributed by atoms with Crippen molar-refractivity contribution in [3.05, 3.63) is 66.4 Å². The molecule has 0 bridgehead atoms. The molecule has 4 rings (SSSR count). The molecule has 132 valence electrons. The molecule has 2 N–H and O–H groups in total. The average molecular weight is 348 g/mol. The number of aromatic amines is 1. The number of nitrogens with one attached hydrogen (secondary N) is 2. The predicted octanol–water partition coefficient (Wildman–Crippen LogP) is 2.84. The fourth-order valence-corrected chi connectivity index (χ4v) is 3.24. The molecule has 26 heavy (non-hydrogen) atoms. The second kappa shape index (κ2) is 7.35. The Hall–Kier alpha value is -3.22. The van der Waals surface area contributed by atoms with E-state index in [1.165, 1.54) is 0 Å². The molecule has 7 heteroatoms. The van der Waals surface area contributed by atoms with E-state index in [2.05, 4.69) is 30.4 Å². The van der Waals surface area contributed by atoms with Crippen LogP contribution in [0.1, 0.15) is 35.1 Å². The van der Waals surface area contributed by atoms with Crippen LogP contribution in [0.15, 0.2) is 54.9 Å². The van der Waals surface area contributed by atoms with Crippen molar-refractivity contribution in [1.82, 2.24) is 20.2 Å². The standard InChI is InChI=1S/C19H20N6O/c26-19(22-15-6-2-1-3-7-15)16-8-9-17(24-23-16)25-12-4-5-14(13-25)18-20-10-11-21-18/h1-3,6-11,14H,4-5,12-13H2,(H,20,21)(H,22,26). The highest BCUT2D eigenvalue weighted by molar-refractivity contribution is 6.02. The van der Waals surface area contributed by atoms with Gasteiger partial charge >= 0.3 is 0 Å². The molecule has 1 aliphatic heterocycles. The minimum Gasteiger partial charge on any atom is -0.354 e. The maximum Gasteiger partial charge on any atom is 0.276 e. The van der Waals surface area contributed by atoms with Crippen molar-refractivity contribution in [2.45, 2.75) is 18.8 Å². The van der Waals surface area contributed by atoms with Gasteiger partial charge in [-0.2, -0.15) is 0 Å². The molecular formula is C19H20N6O. The highest BCUT2D eigenvalue weighted by atomic mass is 16.1. The largest absolute Gasteiger partial charge is 0.354 e. The van der Waals surface area contributed by atoms with E-state index in [4.69, 9.17) is 0 Å². The molecule has 1 fully saturated rings. The van der Waals surface area contributed by atoms with Gasteiger partial charge in [0, 0.05) is 37.1 Å². The first-order valence-electron chi connectivity index (χ1n) is 8.74. The van der Waals surface area contributed by atoms with Gasteiger partial charge in [-0.1, -0.05) is 18.2 Å². The van der Waals surface area contributed by atoms with E-state index in [1.54, 1.807) is 12.3 Å². The molecule has 1 unspecified atom stereocenters.